The molecule has 1 aromatic rings. The number of aliphatic hydroxyl groups is 1. The van der Waals surface area contributed by atoms with Crippen LogP contribution in [0.5, 0.6) is 5.75 Å². The lowest BCUT2D eigenvalue weighted by atomic mass is 10.1. The molecule has 1 amide bonds. The average Bonchev–Trinajstić information content (AvgIpc) is 2.70. The lowest BCUT2D eigenvalue weighted by Gasteiger charge is -2.46. The number of rotatable bonds is 7. The number of fused-ring (bicyclic) bond motifs is 2. The summed E-state index contributed by atoms with van der Waals surface area (Å²) in [5, 5.41) is 13.4. The summed E-state index contributed by atoms with van der Waals surface area (Å²) in [7, 11) is 0. The smallest absolute Gasteiger partial charge is 0.407 e. The van der Waals surface area contributed by atoms with Gasteiger partial charge in [-0.15, -0.1) is 0 Å². The minimum Gasteiger partial charge on any atom is -0.490 e. The van der Waals surface area contributed by atoms with E-state index in [1.165, 1.54) is 0 Å². The highest BCUT2D eigenvalue weighted by atomic mass is 16.6. The number of carbonyl (C=O) groups is 1. The molecule has 2 heterocycles. The number of morpholine rings is 2. The van der Waals surface area contributed by atoms with Crippen LogP contribution in [0.1, 0.15) is 20.8 Å². The monoisotopic (exact) mass is 432 g/mol. The predicted octanol–water partition coefficient (Wildman–Crippen LogP) is 1.84. The lowest BCUT2D eigenvalue weighted by Crippen LogP contribution is -2.62. The Hall–Kier alpha value is -2.38. The van der Waals surface area contributed by atoms with Gasteiger partial charge in [-0.25, -0.2) is 9.64 Å². The van der Waals surface area contributed by atoms with E-state index in [9.17, 15) is 9.90 Å². The number of ether oxygens (including phenoxy) is 3. The number of nitrogens with one attached hydrogen (secondary N) is 1. The minimum absolute atomic E-state index is 0.00151. The molecule has 2 aliphatic rings. The summed E-state index contributed by atoms with van der Waals surface area (Å²) >= 11 is 0. The molecule has 9 heteroatoms. The highest BCUT2D eigenvalue weighted by Gasteiger charge is 2.37. The van der Waals surface area contributed by atoms with E-state index >= 15 is 0 Å². The predicted molar refractivity (Wildman–Crippen MR) is 115 cm³/mol. The maximum Gasteiger partial charge on any atom is 0.407 e. The third-order valence-electron chi connectivity index (χ3n) is 5.07. The van der Waals surface area contributed by atoms with Crippen LogP contribution < -0.4 is 10.1 Å². The molecule has 0 spiro atoms. The molecule has 2 unspecified atom stereocenters. The molecule has 0 aliphatic carbocycles. The van der Waals surface area contributed by atoms with E-state index in [-0.39, 0.29) is 18.8 Å². The van der Waals surface area contributed by atoms with Gasteiger partial charge >= 0.3 is 6.09 Å². The van der Waals surface area contributed by atoms with Crippen molar-refractivity contribution in [1.82, 2.24) is 15.1 Å². The van der Waals surface area contributed by atoms with Gasteiger partial charge in [0.05, 0.1) is 18.8 Å². The number of benzene rings is 1. The van der Waals surface area contributed by atoms with Crippen molar-refractivity contribution in [3.05, 3.63) is 35.7 Å². The summed E-state index contributed by atoms with van der Waals surface area (Å²) in [5.41, 5.74) is 0.0507. The van der Waals surface area contributed by atoms with Crippen molar-refractivity contribution < 1.29 is 24.1 Å². The van der Waals surface area contributed by atoms with Crippen LogP contribution in [0.25, 0.3) is 4.85 Å². The van der Waals surface area contributed by atoms with Crippen LogP contribution in [0.15, 0.2) is 24.3 Å². The second-order valence-electron chi connectivity index (χ2n) is 8.92. The quantitative estimate of drug-likeness (QED) is 0.636. The molecule has 3 rings (SSSR count). The Bertz CT molecular complexity index is 760. The Kier molecular flexibility index (Phi) is 7.73. The molecule has 2 bridgehead atoms. The first-order valence-electron chi connectivity index (χ1n) is 10.6. The number of hydrogen-bond donors (Lipinski definition) is 2. The van der Waals surface area contributed by atoms with Crippen molar-refractivity contribution in [3.63, 3.8) is 0 Å². The Labute approximate surface area is 183 Å². The second-order valence-corrected chi connectivity index (χ2v) is 8.92. The summed E-state index contributed by atoms with van der Waals surface area (Å²) in [6.07, 6.45) is -1.13. The molecule has 2 saturated heterocycles. The first-order chi connectivity index (χ1) is 14.7. The first kappa shape index (κ1) is 23.3. The number of amides is 1. The third kappa shape index (κ3) is 7.36. The SMILES string of the molecule is [C-]#[N+]c1ccc(OC[C@@H](O)N2CC3CN(CCNC(=O)OC(C)(C)C)CC(C2)O3)cc1. The summed E-state index contributed by atoms with van der Waals surface area (Å²) in [6.45, 7) is 16.6. The Balaban J connectivity index is 1.39. The van der Waals surface area contributed by atoms with Gasteiger partial charge in [-0.3, -0.25) is 9.80 Å². The average molecular weight is 433 g/mol. The molecular weight excluding hydrogens is 400 g/mol. The topological polar surface area (TPSA) is 87.9 Å². The molecule has 9 nitrogen and oxygen atoms in total. The van der Waals surface area contributed by atoms with Crippen LogP contribution in [-0.4, -0.2) is 90.9 Å². The second kappa shape index (κ2) is 10.3. The van der Waals surface area contributed by atoms with Crippen LogP contribution in [-0.2, 0) is 9.47 Å². The van der Waals surface area contributed by atoms with Crippen molar-refractivity contribution in [1.29, 1.82) is 0 Å². The van der Waals surface area contributed by atoms with Crippen molar-refractivity contribution in [2.24, 2.45) is 0 Å². The normalized spacial score (nSPS) is 22.9. The molecule has 2 aliphatic heterocycles. The van der Waals surface area contributed by atoms with Gasteiger partial charge < -0.3 is 24.6 Å². The Morgan fingerprint density at radius 3 is 2.48 bits per heavy atom. The van der Waals surface area contributed by atoms with Crippen molar-refractivity contribution >= 4 is 11.8 Å². The molecule has 170 valence electrons. The molecule has 0 saturated carbocycles. The maximum absolute atomic E-state index is 11.8. The molecule has 3 atom stereocenters. The highest BCUT2D eigenvalue weighted by molar-refractivity contribution is 5.67. The molecule has 0 radical (unpaired) electrons. The van der Waals surface area contributed by atoms with E-state index in [2.05, 4.69) is 15.1 Å². The number of aliphatic hydroxyl groups excluding tert-OH is 1. The zero-order chi connectivity index (χ0) is 22.4. The van der Waals surface area contributed by atoms with Crippen molar-refractivity contribution in [2.45, 2.75) is 44.8 Å². The van der Waals surface area contributed by atoms with Crippen LogP contribution in [0.3, 0.4) is 0 Å². The van der Waals surface area contributed by atoms with Crippen LogP contribution >= 0.6 is 0 Å². The standard InChI is InChI=1S/C22H32N4O5/c1-22(2,3)31-21(28)24-9-10-25-11-18-13-26(14-19(12-25)30-18)20(27)15-29-17-7-5-16(23-4)6-8-17/h5-8,18-20,27H,9-15H2,1-3H3,(H,24,28)/t18?,19?,20-/m1/s1. The van der Waals surface area contributed by atoms with E-state index < -0.39 is 17.9 Å². The van der Waals surface area contributed by atoms with E-state index in [1.54, 1.807) is 24.3 Å². The zero-order valence-electron chi connectivity index (χ0n) is 18.4. The maximum atomic E-state index is 11.8. The minimum atomic E-state index is -0.727. The molecule has 2 fully saturated rings. The van der Waals surface area contributed by atoms with Crippen LogP contribution in [0.4, 0.5) is 10.5 Å². The number of hydrogen-bond acceptors (Lipinski definition) is 7. The van der Waals surface area contributed by atoms with E-state index in [0.29, 0.717) is 31.1 Å². The highest BCUT2D eigenvalue weighted by Crippen LogP contribution is 2.22. The van der Waals surface area contributed by atoms with E-state index in [0.717, 1.165) is 19.6 Å². The number of carbonyl (C=O) groups excluding carboxylic acids is 1. The Morgan fingerprint density at radius 1 is 1.26 bits per heavy atom. The van der Waals surface area contributed by atoms with Crippen LogP contribution in [0, 0.1) is 6.57 Å². The summed E-state index contributed by atoms with van der Waals surface area (Å²) in [4.78, 5) is 19.4. The van der Waals surface area contributed by atoms with Gasteiger partial charge in [0, 0.05) is 39.3 Å². The fraction of sp³-hybridized carbons (Fsp3) is 0.636. The fourth-order valence-corrected chi connectivity index (χ4v) is 3.76. The van der Waals surface area contributed by atoms with Gasteiger partial charge in [0.2, 0.25) is 0 Å². The first-order valence-corrected chi connectivity index (χ1v) is 10.6. The Morgan fingerprint density at radius 2 is 1.90 bits per heavy atom. The largest absolute Gasteiger partial charge is 0.490 e. The molecular formula is C22H32N4O5. The zero-order valence-corrected chi connectivity index (χ0v) is 18.4. The van der Waals surface area contributed by atoms with Gasteiger partial charge in [-0.1, -0.05) is 12.1 Å². The van der Waals surface area contributed by atoms with E-state index in [1.807, 2.05) is 25.7 Å². The van der Waals surface area contributed by atoms with Crippen LogP contribution in [0.2, 0.25) is 0 Å². The summed E-state index contributed by atoms with van der Waals surface area (Å²) in [6, 6.07) is 6.86. The van der Waals surface area contributed by atoms with Crippen molar-refractivity contribution in [2.75, 3.05) is 45.9 Å². The fourth-order valence-electron chi connectivity index (χ4n) is 3.76. The number of nitrogens with zero attached hydrogens (tertiary/aromatic N) is 3. The molecule has 2 N–H and O–H groups in total. The lowest BCUT2D eigenvalue weighted by molar-refractivity contribution is -0.172. The summed E-state index contributed by atoms with van der Waals surface area (Å²) < 4.78 is 17.0. The van der Waals surface area contributed by atoms with Gasteiger partial charge in [0.1, 0.15) is 24.2 Å². The molecule has 1 aromatic carbocycles. The van der Waals surface area contributed by atoms with Gasteiger partial charge in [-0.05, 0) is 32.9 Å². The van der Waals surface area contributed by atoms with Gasteiger partial charge in [-0.2, -0.15) is 0 Å². The molecule has 31 heavy (non-hydrogen) atoms. The van der Waals surface area contributed by atoms with Gasteiger partial charge in [0.15, 0.2) is 5.69 Å². The summed E-state index contributed by atoms with van der Waals surface area (Å²) in [5.74, 6) is 0.628. The van der Waals surface area contributed by atoms with E-state index in [4.69, 9.17) is 20.8 Å². The van der Waals surface area contributed by atoms with Crippen molar-refractivity contribution in [3.8, 4) is 5.75 Å². The van der Waals surface area contributed by atoms with Gasteiger partial charge in [0.25, 0.3) is 0 Å². The number of alkyl carbamates (subject to hydrolysis) is 1. The third-order valence-corrected chi connectivity index (χ3v) is 5.07. The molecule has 0 aromatic heterocycles.